The summed E-state index contributed by atoms with van der Waals surface area (Å²) in [4.78, 5) is 27.6. The lowest BCUT2D eigenvalue weighted by atomic mass is 9.95. The highest BCUT2D eigenvalue weighted by Gasteiger charge is 2.49. The van der Waals surface area contributed by atoms with Crippen LogP contribution in [0.2, 0.25) is 0 Å². The molecule has 0 amide bonds. The zero-order valence-corrected chi connectivity index (χ0v) is 26.2. The van der Waals surface area contributed by atoms with E-state index in [4.69, 9.17) is 30.3 Å². The first-order valence-corrected chi connectivity index (χ1v) is 15.7. The fourth-order valence-corrected chi connectivity index (χ4v) is 7.39. The van der Waals surface area contributed by atoms with E-state index in [9.17, 15) is 18.7 Å². The molecule has 46 heavy (non-hydrogen) atoms. The van der Waals surface area contributed by atoms with Gasteiger partial charge < -0.3 is 23.9 Å². The molecule has 0 aliphatic carbocycles. The van der Waals surface area contributed by atoms with E-state index in [1.165, 1.54) is 24.3 Å². The molecule has 0 spiro atoms. The number of fused-ring (bicyclic) bond motifs is 3. The van der Waals surface area contributed by atoms with Crippen LogP contribution in [-0.2, 0) is 4.74 Å². The maximum absolute atomic E-state index is 14.9. The minimum atomic E-state index is -0.915. The second-order valence-corrected chi connectivity index (χ2v) is 13.3. The number of phenolic OH excluding ortho intramolecular Hbond substituents is 1. The molecule has 0 unspecified atom stereocenters. The molecule has 3 fully saturated rings. The van der Waals surface area contributed by atoms with Gasteiger partial charge in [0, 0.05) is 42.6 Å². The van der Waals surface area contributed by atoms with Crippen molar-refractivity contribution >= 4 is 27.5 Å². The highest BCUT2D eigenvalue weighted by Crippen LogP contribution is 2.42. The number of phenols is 1. The minimum Gasteiger partial charge on any atom is -0.508 e. The van der Waals surface area contributed by atoms with Gasteiger partial charge in [0.2, 0.25) is 0 Å². The third-order valence-corrected chi connectivity index (χ3v) is 9.77. The topological polar surface area (TPSA) is 101 Å². The van der Waals surface area contributed by atoms with Gasteiger partial charge in [-0.15, -0.1) is 6.42 Å². The van der Waals surface area contributed by atoms with Gasteiger partial charge in [-0.2, -0.15) is 9.97 Å². The molecule has 0 bridgehead atoms. The number of nitrogens with zero attached hydrogens (tertiary/aromatic N) is 4. The molecule has 0 saturated carbocycles. The predicted octanol–water partition coefficient (Wildman–Crippen LogP) is 5.50. The number of aromatic hydroxyl groups is 1. The molecular weight excluding hydrogens is 594 g/mol. The zero-order valence-electron chi connectivity index (χ0n) is 26.2. The summed E-state index contributed by atoms with van der Waals surface area (Å²) < 4.78 is 47.7. The van der Waals surface area contributed by atoms with Crippen LogP contribution in [0.4, 0.5) is 14.6 Å². The molecule has 1 N–H and O–H groups in total. The Balaban J connectivity index is 1.41. The van der Waals surface area contributed by atoms with Crippen LogP contribution in [0.3, 0.4) is 0 Å². The lowest BCUT2D eigenvalue weighted by Crippen LogP contribution is -2.43. The first-order chi connectivity index (χ1) is 22.0. The Morgan fingerprint density at radius 1 is 1.17 bits per heavy atom. The van der Waals surface area contributed by atoms with E-state index in [1.54, 1.807) is 6.92 Å². The Labute approximate surface area is 265 Å². The molecule has 3 saturated heterocycles. The molecular formula is C35H36F2N4O5. The summed E-state index contributed by atoms with van der Waals surface area (Å²) in [5.41, 5.74) is -0.496. The summed E-state index contributed by atoms with van der Waals surface area (Å²) in [7, 11) is 0. The number of aromatic nitrogens is 2. The molecule has 2 aromatic carbocycles. The van der Waals surface area contributed by atoms with Crippen LogP contribution < -0.4 is 15.3 Å². The van der Waals surface area contributed by atoms with Gasteiger partial charge >= 0.3 is 11.6 Å². The molecule has 5 heterocycles. The Hall–Kier alpha value is -4.27. The predicted molar refractivity (Wildman–Crippen MR) is 171 cm³/mol. The van der Waals surface area contributed by atoms with Gasteiger partial charge in [0.05, 0.1) is 28.8 Å². The largest absolute Gasteiger partial charge is 0.508 e. The normalized spacial score (nSPS) is 23.0. The fourth-order valence-electron chi connectivity index (χ4n) is 7.39. The van der Waals surface area contributed by atoms with E-state index in [1.807, 2.05) is 18.7 Å². The molecule has 2 atom stereocenters. The number of ether oxygens (including phenoxy) is 2. The van der Waals surface area contributed by atoms with Gasteiger partial charge in [-0.05, 0) is 70.2 Å². The van der Waals surface area contributed by atoms with E-state index in [2.05, 4.69) is 10.8 Å². The second-order valence-electron chi connectivity index (χ2n) is 13.3. The Morgan fingerprint density at radius 3 is 2.80 bits per heavy atom. The first-order valence-electron chi connectivity index (χ1n) is 15.7. The lowest BCUT2D eigenvalue weighted by molar-refractivity contribution is -0.00770. The number of rotatable bonds is 5. The Kier molecular flexibility index (Phi) is 7.41. The summed E-state index contributed by atoms with van der Waals surface area (Å²) in [6.45, 7) is 8.65. The van der Waals surface area contributed by atoms with Gasteiger partial charge in [-0.1, -0.05) is 12.0 Å². The lowest BCUT2D eigenvalue weighted by Gasteiger charge is -2.31. The summed E-state index contributed by atoms with van der Waals surface area (Å²) >= 11 is 0. The maximum atomic E-state index is 14.9. The Morgan fingerprint density at radius 2 is 2.00 bits per heavy atom. The molecule has 0 radical (unpaired) electrons. The molecule has 9 nitrogen and oxygen atoms in total. The Bertz CT molecular complexity index is 1970. The summed E-state index contributed by atoms with van der Waals surface area (Å²) in [5.74, 6) is 2.13. The molecule has 11 heteroatoms. The van der Waals surface area contributed by atoms with Crippen molar-refractivity contribution in [2.24, 2.45) is 0 Å². The minimum absolute atomic E-state index is 0.0164. The van der Waals surface area contributed by atoms with Crippen LogP contribution in [-0.4, -0.2) is 76.7 Å². The van der Waals surface area contributed by atoms with Gasteiger partial charge in [-0.25, -0.2) is 13.6 Å². The molecule has 4 aromatic rings. The van der Waals surface area contributed by atoms with E-state index < -0.39 is 23.2 Å². The SMILES string of the molecule is C#Cc1c(F)ccc2cc(O)cc(-c3oc(=O)c4c(N5CCOC(C)(C)CC5)nc(OC[C@@]56CCCN5C[C@H](F)C6)nc4c3C)c12. The highest BCUT2D eigenvalue weighted by molar-refractivity contribution is 6.03. The summed E-state index contributed by atoms with van der Waals surface area (Å²) in [5, 5.41) is 11.6. The number of terminal acetylenes is 1. The van der Waals surface area contributed by atoms with Crippen molar-refractivity contribution in [1.29, 1.82) is 0 Å². The van der Waals surface area contributed by atoms with E-state index in [0.717, 1.165) is 19.4 Å². The first kappa shape index (κ1) is 30.4. The van der Waals surface area contributed by atoms with Crippen molar-refractivity contribution in [1.82, 2.24) is 14.9 Å². The quantitative estimate of drug-likeness (QED) is 0.287. The number of benzene rings is 2. The number of halogens is 2. The van der Waals surface area contributed by atoms with Crippen LogP contribution in [0.25, 0.3) is 33.0 Å². The maximum Gasteiger partial charge on any atom is 0.349 e. The number of hydrogen-bond acceptors (Lipinski definition) is 9. The molecule has 7 rings (SSSR count). The molecule has 3 aliphatic rings. The average molecular weight is 631 g/mol. The third-order valence-electron chi connectivity index (χ3n) is 9.77. The van der Waals surface area contributed by atoms with Gasteiger partial charge in [-0.3, -0.25) is 4.90 Å². The number of aryl methyl sites for hydroxylation is 1. The van der Waals surface area contributed by atoms with Gasteiger partial charge in [0.1, 0.15) is 35.5 Å². The van der Waals surface area contributed by atoms with Crippen molar-refractivity contribution in [2.45, 2.75) is 63.8 Å². The van der Waals surface area contributed by atoms with Crippen LogP contribution >= 0.6 is 0 Å². The van der Waals surface area contributed by atoms with Gasteiger partial charge in [0.15, 0.2) is 5.82 Å². The van der Waals surface area contributed by atoms with Crippen molar-refractivity contribution < 1.29 is 27.8 Å². The summed E-state index contributed by atoms with van der Waals surface area (Å²) in [6.07, 6.45) is 7.65. The van der Waals surface area contributed by atoms with Crippen LogP contribution in [0.5, 0.6) is 11.8 Å². The molecule has 2 aromatic heterocycles. The van der Waals surface area contributed by atoms with Gasteiger partial charge in [0.25, 0.3) is 0 Å². The number of hydrogen-bond donors (Lipinski definition) is 1. The molecule has 240 valence electrons. The van der Waals surface area contributed by atoms with Crippen molar-refractivity contribution in [3.8, 4) is 35.4 Å². The number of anilines is 1. The fraction of sp³-hybridized carbons (Fsp3) is 0.457. The zero-order chi connectivity index (χ0) is 32.4. The third kappa shape index (κ3) is 5.13. The van der Waals surface area contributed by atoms with Crippen LogP contribution in [0.1, 0.15) is 50.7 Å². The van der Waals surface area contributed by atoms with Crippen molar-refractivity contribution in [3.63, 3.8) is 0 Å². The van der Waals surface area contributed by atoms with Crippen LogP contribution in [0, 0.1) is 25.1 Å². The van der Waals surface area contributed by atoms with E-state index in [0.29, 0.717) is 66.8 Å². The smallest absolute Gasteiger partial charge is 0.349 e. The highest BCUT2D eigenvalue weighted by atomic mass is 19.1. The monoisotopic (exact) mass is 630 g/mol. The summed E-state index contributed by atoms with van der Waals surface area (Å²) in [6, 6.07) is 5.68. The van der Waals surface area contributed by atoms with E-state index >= 15 is 0 Å². The standard InChI is InChI=1S/C35H36F2N4O5/c1-5-24-26(37)8-7-21-15-23(42)16-25(27(21)24)30-20(2)29-28(32(43)46-30)31(40-12-10-34(3,4)45-14-13-40)39-33(38-29)44-19-35-9-6-11-41(35)18-22(36)17-35/h1,7-8,15-16,22,42H,6,9-14,17-19H2,2-4H3/t22-,35+/m1/s1. The molecule has 3 aliphatic heterocycles. The number of alkyl halides is 1. The second kappa shape index (κ2) is 11.2. The van der Waals surface area contributed by atoms with Crippen molar-refractivity contribution in [2.75, 3.05) is 44.3 Å². The van der Waals surface area contributed by atoms with Crippen molar-refractivity contribution in [3.05, 3.63) is 51.6 Å². The van der Waals surface area contributed by atoms with E-state index in [-0.39, 0.29) is 46.2 Å². The van der Waals surface area contributed by atoms with Crippen LogP contribution in [0.15, 0.2) is 33.5 Å². The average Bonchev–Trinajstić information content (AvgIpc) is 3.47.